The maximum absolute atomic E-state index is 11.2. The Bertz CT molecular complexity index is 751. The molecule has 3 heterocycles. The summed E-state index contributed by atoms with van der Waals surface area (Å²) in [5, 5.41) is 23.0. The number of tetrazole rings is 1. The number of H-pyrrole nitrogens is 1. The first kappa shape index (κ1) is 11.6. The Labute approximate surface area is 111 Å². The molecule has 0 amide bonds. The monoisotopic (exact) mass is 278 g/mol. The molecule has 0 aliphatic rings. The zero-order chi connectivity index (χ0) is 13.4. The Kier molecular flexibility index (Phi) is 2.64. The molecule has 3 aromatic heterocycles. The number of rotatable bonds is 3. The highest BCUT2D eigenvalue weighted by Crippen LogP contribution is 2.21. The second-order valence-corrected chi connectivity index (χ2v) is 4.18. The van der Waals surface area contributed by atoms with Crippen LogP contribution in [0.25, 0.3) is 5.65 Å². The van der Waals surface area contributed by atoms with E-state index in [2.05, 4.69) is 25.6 Å². The smallest absolute Gasteiger partial charge is 0.354 e. The number of halogens is 1. The highest BCUT2D eigenvalue weighted by Gasteiger charge is 2.17. The number of hydrogen-bond acceptors (Lipinski definition) is 5. The molecule has 0 saturated carbocycles. The Morgan fingerprint density at radius 3 is 3.00 bits per heavy atom. The van der Waals surface area contributed by atoms with Gasteiger partial charge in [-0.2, -0.15) is 5.21 Å². The third kappa shape index (κ3) is 1.91. The van der Waals surface area contributed by atoms with E-state index in [0.717, 1.165) is 0 Å². The molecule has 96 valence electrons. The molecule has 8 nitrogen and oxygen atoms in total. The van der Waals surface area contributed by atoms with Crippen LogP contribution in [0.5, 0.6) is 0 Å². The number of aromatic amines is 1. The molecule has 0 saturated heterocycles. The van der Waals surface area contributed by atoms with Crippen LogP contribution >= 0.6 is 11.6 Å². The number of aromatic carboxylic acids is 1. The van der Waals surface area contributed by atoms with Gasteiger partial charge >= 0.3 is 5.97 Å². The summed E-state index contributed by atoms with van der Waals surface area (Å²) in [5.41, 5.74) is 1.09. The summed E-state index contributed by atoms with van der Waals surface area (Å²) in [7, 11) is 0. The zero-order valence-corrected chi connectivity index (χ0v) is 10.2. The highest BCUT2D eigenvalue weighted by atomic mass is 35.5. The fraction of sp³-hybridized carbons (Fsp3) is 0.100. The Balaban J connectivity index is 2.23. The summed E-state index contributed by atoms with van der Waals surface area (Å²) in [6.07, 6.45) is 1.54. The second kappa shape index (κ2) is 4.32. The second-order valence-electron chi connectivity index (χ2n) is 3.77. The van der Waals surface area contributed by atoms with Crippen LogP contribution in [0.4, 0.5) is 0 Å². The first-order valence-electron chi connectivity index (χ1n) is 5.27. The van der Waals surface area contributed by atoms with Crippen LogP contribution in [0.3, 0.4) is 0 Å². The molecule has 0 bridgehead atoms. The summed E-state index contributed by atoms with van der Waals surface area (Å²) >= 11 is 6.13. The van der Waals surface area contributed by atoms with Crippen molar-refractivity contribution in [2.24, 2.45) is 0 Å². The third-order valence-electron chi connectivity index (χ3n) is 2.65. The number of aromatic nitrogens is 6. The number of nitrogens with one attached hydrogen (secondary N) is 1. The van der Waals surface area contributed by atoms with Gasteiger partial charge in [-0.25, -0.2) is 9.78 Å². The van der Waals surface area contributed by atoms with Crippen LogP contribution in [0.2, 0.25) is 5.02 Å². The number of hydrogen-bond donors (Lipinski definition) is 2. The van der Waals surface area contributed by atoms with Gasteiger partial charge in [-0.3, -0.25) is 4.40 Å². The molecule has 0 fully saturated rings. The van der Waals surface area contributed by atoms with E-state index in [-0.39, 0.29) is 12.1 Å². The lowest BCUT2D eigenvalue weighted by Gasteiger charge is -2.07. The minimum Gasteiger partial charge on any atom is -0.477 e. The maximum atomic E-state index is 11.2. The van der Waals surface area contributed by atoms with Crippen molar-refractivity contribution in [2.45, 2.75) is 6.42 Å². The molecular weight excluding hydrogens is 272 g/mol. The Morgan fingerprint density at radius 2 is 2.32 bits per heavy atom. The summed E-state index contributed by atoms with van der Waals surface area (Å²) in [5.74, 6) is -0.663. The van der Waals surface area contributed by atoms with Crippen molar-refractivity contribution in [2.75, 3.05) is 0 Å². The lowest BCUT2D eigenvalue weighted by molar-refractivity contribution is 0.0689. The van der Waals surface area contributed by atoms with Gasteiger partial charge in [0.25, 0.3) is 0 Å². The van der Waals surface area contributed by atoms with Crippen molar-refractivity contribution < 1.29 is 9.90 Å². The summed E-state index contributed by atoms with van der Waals surface area (Å²) in [6.45, 7) is 0. The maximum Gasteiger partial charge on any atom is 0.354 e. The van der Waals surface area contributed by atoms with Crippen LogP contribution < -0.4 is 0 Å². The van der Waals surface area contributed by atoms with Crippen molar-refractivity contribution in [1.82, 2.24) is 30.0 Å². The number of imidazole rings is 1. The molecule has 3 aromatic rings. The lowest BCUT2D eigenvalue weighted by atomic mass is 10.2. The van der Waals surface area contributed by atoms with Gasteiger partial charge < -0.3 is 5.11 Å². The van der Waals surface area contributed by atoms with Gasteiger partial charge in [0.1, 0.15) is 5.65 Å². The molecule has 19 heavy (non-hydrogen) atoms. The average Bonchev–Trinajstić information content (AvgIpc) is 3.01. The Morgan fingerprint density at radius 1 is 1.47 bits per heavy atom. The van der Waals surface area contributed by atoms with Gasteiger partial charge in [0.05, 0.1) is 23.3 Å². The summed E-state index contributed by atoms with van der Waals surface area (Å²) in [4.78, 5) is 15.2. The van der Waals surface area contributed by atoms with E-state index in [1.54, 1.807) is 12.1 Å². The predicted molar refractivity (Wildman–Crippen MR) is 64.1 cm³/mol. The van der Waals surface area contributed by atoms with Gasteiger partial charge in [0, 0.05) is 0 Å². The molecule has 0 aliphatic heterocycles. The number of carboxylic acids is 1. The molecule has 0 atom stereocenters. The first-order chi connectivity index (χ1) is 9.16. The molecule has 0 spiro atoms. The number of carbonyl (C=O) groups is 1. The van der Waals surface area contributed by atoms with Gasteiger partial charge in [0.15, 0.2) is 11.5 Å². The SMILES string of the molecule is O=C(O)c1cnc2ccc(Cl)c(Cc3nn[nH]n3)n12. The normalized spacial score (nSPS) is 11.0. The van der Waals surface area contributed by atoms with Crippen LogP contribution in [0, 0.1) is 0 Å². The zero-order valence-electron chi connectivity index (χ0n) is 9.41. The average molecular weight is 279 g/mol. The van der Waals surface area contributed by atoms with Crippen molar-refractivity contribution in [3.8, 4) is 0 Å². The van der Waals surface area contributed by atoms with E-state index in [9.17, 15) is 4.79 Å². The molecule has 0 unspecified atom stereocenters. The topological polar surface area (TPSA) is 109 Å². The highest BCUT2D eigenvalue weighted by molar-refractivity contribution is 6.31. The van der Waals surface area contributed by atoms with Gasteiger partial charge in [-0.1, -0.05) is 16.8 Å². The number of carboxylic acid groups (broad SMARTS) is 1. The minimum absolute atomic E-state index is 0.0380. The molecule has 0 aliphatic carbocycles. The lowest BCUT2D eigenvalue weighted by Crippen LogP contribution is -2.08. The van der Waals surface area contributed by atoms with Crippen LogP contribution in [-0.4, -0.2) is 41.1 Å². The molecule has 9 heteroatoms. The van der Waals surface area contributed by atoms with Crippen LogP contribution in [0.15, 0.2) is 18.3 Å². The van der Waals surface area contributed by atoms with Crippen molar-refractivity contribution >= 4 is 23.2 Å². The number of nitrogens with zero attached hydrogens (tertiary/aromatic N) is 5. The van der Waals surface area contributed by atoms with E-state index >= 15 is 0 Å². The summed E-state index contributed by atoms with van der Waals surface area (Å²) in [6, 6.07) is 3.30. The largest absolute Gasteiger partial charge is 0.477 e. The van der Waals surface area contributed by atoms with E-state index in [4.69, 9.17) is 16.7 Å². The Hall–Kier alpha value is -2.48. The van der Waals surface area contributed by atoms with Gasteiger partial charge in [-0.05, 0) is 12.1 Å². The number of fused-ring (bicyclic) bond motifs is 1. The molecule has 2 N–H and O–H groups in total. The fourth-order valence-corrected chi connectivity index (χ4v) is 2.05. The fourth-order valence-electron chi connectivity index (χ4n) is 1.84. The van der Waals surface area contributed by atoms with Crippen LogP contribution in [0.1, 0.15) is 22.0 Å². The van der Waals surface area contributed by atoms with E-state index in [1.807, 2.05) is 0 Å². The minimum atomic E-state index is -1.08. The predicted octanol–water partition coefficient (Wildman–Crippen LogP) is 0.790. The van der Waals surface area contributed by atoms with Crippen molar-refractivity contribution in [3.05, 3.63) is 40.6 Å². The summed E-state index contributed by atoms with van der Waals surface area (Å²) < 4.78 is 1.47. The molecule has 0 aromatic carbocycles. The molecular formula is C10H7ClN6O2. The first-order valence-corrected chi connectivity index (χ1v) is 5.65. The van der Waals surface area contributed by atoms with E-state index < -0.39 is 5.97 Å². The quantitative estimate of drug-likeness (QED) is 0.733. The van der Waals surface area contributed by atoms with E-state index in [0.29, 0.717) is 22.2 Å². The molecule has 3 rings (SSSR count). The van der Waals surface area contributed by atoms with E-state index in [1.165, 1.54) is 10.6 Å². The third-order valence-corrected chi connectivity index (χ3v) is 2.99. The standard InChI is InChI=1S/C10H7ClN6O2/c11-5-1-2-9-12-4-7(10(18)19)17(9)6(5)3-8-13-15-16-14-8/h1-2,4H,3H2,(H,18,19)(H,13,14,15,16). The van der Waals surface area contributed by atoms with Crippen LogP contribution in [-0.2, 0) is 6.42 Å². The number of pyridine rings is 1. The van der Waals surface area contributed by atoms with Crippen molar-refractivity contribution in [3.63, 3.8) is 0 Å². The van der Waals surface area contributed by atoms with Crippen molar-refractivity contribution in [1.29, 1.82) is 0 Å². The molecule has 0 radical (unpaired) electrons. The van der Waals surface area contributed by atoms with Gasteiger partial charge in [-0.15, -0.1) is 10.2 Å². The van der Waals surface area contributed by atoms with Gasteiger partial charge in [0.2, 0.25) is 0 Å².